The number of hydrogen-bond acceptors (Lipinski definition) is 8. The zero-order valence-electron chi connectivity index (χ0n) is 27.4. The quantitative estimate of drug-likeness (QED) is 0.294. The summed E-state index contributed by atoms with van der Waals surface area (Å²) in [4.78, 5) is 20.2. The van der Waals surface area contributed by atoms with Gasteiger partial charge in [-0.15, -0.1) is 10.2 Å². The summed E-state index contributed by atoms with van der Waals surface area (Å²) in [5.74, 6) is 1.56. The number of carbonyl (C=O) groups excluding carboxylic acids is 1. The van der Waals surface area contributed by atoms with Gasteiger partial charge < -0.3 is 15.2 Å². The SMILES string of the molecule is Cn1cnnc1CC1(c2cc(NCC3CCS(=O)(=O)CC3)nc(N3Cc4c(cc(CNC5(C)CCC5)cc4C(F)(F)F)C3=O)c2)CCC1. The molecular formula is C34H42F3N7O3S. The highest BCUT2D eigenvalue weighted by molar-refractivity contribution is 7.91. The highest BCUT2D eigenvalue weighted by Gasteiger charge is 2.44. The predicted molar refractivity (Wildman–Crippen MR) is 175 cm³/mol. The molecule has 2 aliphatic heterocycles. The minimum absolute atomic E-state index is 0.0336. The topological polar surface area (TPSA) is 122 Å². The number of benzene rings is 1. The number of halogens is 3. The lowest BCUT2D eigenvalue weighted by atomic mass is 9.62. The Balaban J connectivity index is 1.22. The van der Waals surface area contributed by atoms with Crippen molar-refractivity contribution >= 4 is 27.4 Å². The van der Waals surface area contributed by atoms with Gasteiger partial charge in [0.05, 0.1) is 23.6 Å². The van der Waals surface area contributed by atoms with E-state index < -0.39 is 27.5 Å². The van der Waals surface area contributed by atoms with Gasteiger partial charge in [-0.25, -0.2) is 13.4 Å². The minimum Gasteiger partial charge on any atom is -0.370 e. The maximum atomic E-state index is 14.5. The number of carbonyl (C=O) groups is 1. The molecule has 0 atom stereocenters. The van der Waals surface area contributed by atoms with Crippen LogP contribution in [0.25, 0.3) is 0 Å². The molecule has 2 saturated carbocycles. The molecule has 2 aliphatic carbocycles. The van der Waals surface area contributed by atoms with E-state index in [9.17, 15) is 26.4 Å². The average Bonchev–Trinajstić information content (AvgIpc) is 3.57. The Morgan fingerprint density at radius 1 is 1.04 bits per heavy atom. The summed E-state index contributed by atoms with van der Waals surface area (Å²) in [5, 5.41) is 15.1. The third kappa shape index (κ3) is 6.45. The van der Waals surface area contributed by atoms with Crippen LogP contribution < -0.4 is 15.5 Å². The second-order valence-electron chi connectivity index (χ2n) is 14.6. The van der Waals surface area contributed by atoms with Crippen LogP contribution in [0.1, 0.15) is 96.7 Å². The fourth-order valence-electron chi connectivity index (χ4n) is 7.59. The lowest BCUT2D eigenvalue weighted by molar-refractivity contribution is -0.138. The average molecular weight is 686 g/mol. The van der Waals surface area contributed by atoms with E-state index in [0.29, 0.717) is 43.0 Å². The number of hydrogen-bond donors (Lipinski definition) is 2. The van der Waals surface area contributed by atoms with E-state index in [-0.39, 0.29) is 52.6 Å². The monoisotopic (exact) mass is 685 g/mol. The van der Waals surface area contributed by atoms with Gasteiger partial charge in [-0.1, -0.05) is 6.42 Å². The number of fused-ring (bicyclic) bond motifs is 1. The maximum Gasteiger partial charge on any atom is 0.416 e. The molecule has 3 aromatic rings. The van der Waals surface area contributed by atoms with Gasteiger partial charge in [0, 0.05) is 43.1 Å². The van der Waals surface area contributed by atoms with Crippen LogP contribution in [0.5, 0.6) is 0 Å². The van der Waals surface area contributed by atoms with E-state index in [1.807, 2.05) is 23.7 Å². The smallest absolute Gasteiger partial charge is 0.370 e. The van der Waals surface area contributed by atoms with Gasteiger partial charge in [-0.2, -0.15) is 13.2 Å². The third-order valence-electron chi connectivity index (χ3n) is 11.1. The van der Waals surface area contributed by atoms with Gasteiger partial charge >= 0.3 is 6.18 Å². The molecule has 7 rings (SSSR count). The number of anilines is 2. The van der Waals surface area contributed by atoms with Crippen molar-refractivity contribution in [1.82, 2.24) is 25.1 Å². The zero-order valence-corrected chi connectivity index (χ0v) is 28.2. The number of aryl methyl sites for hydroxylation is 1. The van der Waals surface area contributed by atoms with Gasteiger partial charge in [0.1, 0.15) is 33.6 Å². The molecule has 258 valence electrons. The highest BCUT2D eigenvalue weighted by Crippen LogP contribution is 2.48. The van der Waals surface area contributed by atoms with E-state index >= 15 is 0 Å². The van der Waals surface area contributed by atoms with Crippen molar-refractivity contribution in [2.75, 3.05) is 28.3 Å². The summed E-state index contributed by atoms with van der Waals surface area (Å²) in [6.45, 7) is 2.58. The lowest BCUT2D eigenvalue weighted by Crippen LogP contribution is -2.47. The summed E-state index contributed by atoms with van der Waals surface area (Å²) in [7, 11) is -1.12. The van der Waals surface area contributed by atoms with Crippen LogP contribution in [0.3, 0.4) is 0 Å². The number of amides is 1. The van der Waals surface area contributed by atoms with Crippen LogP contribution in [0, 0.1) is 5.92 Å². The molecule has 10 nitrogen and oxygen atoms in total. The van der Waals surface area contributed by atoms with Crippen LogP contribution >= 0.6 is 0 Å². The molecule has 1 saturated heterocycles. The first-order valence-corrected chi connectivity index (χ1v) is 18.6. The fourth-order valence-corrected chi connectivity index (χ4v) is 9.18. The highest BCUT2D eigenvalue weighted by atomic mass is 32.2. The molecule has 1 aromatic carbocycles. The van der Waals surface area contributed by atoms with Crippen molar-refractivity contribution in [2.45, 2.75) is 94.9 Å². The molecule has 2 aromatic heterocycles. The van der Waals surface area contributed by atoms with Gasteiger partial charge in [-0.05, 0) is 98.7 Å². The van der Waals surface area contributed by atoms with Crippen molar-refractivity contribution in [3.8, 4) is 0 Å². The maximum absolute atomic E-state index is 14.5. The van der Waals surface area contributed by atoms with Gasteiger partial charge in [0.25, 0.3) is 5.91 Å². The first-order chi connectivity index (χ1) is 22.7. The van der Waals surface area contributed by atoms with Gasteiger partial charge in [0.15, 0.2) is 0 Å². The van der Waals surface area contributed by atoms with Crippen LogP contribution in [-0.2, 0) is 48.0 Å². The summed E-state index contributed by atoms with van der Waals surface area (Å²) < 4.78 is 69.3. The molecule has 1 amide bonds. The van der Waals surface area contributed by atoms with Crippen molar-refractivity contribution < 1.29 is 26.4 Å². The first-order valence-electron chi connectivity index (χ1n) is 16.8. The first kappa shape index (κ1) is 33.0. The second kappa shape index (κ2) is 12.1. The molecule has 0 radical (unpaired) electrons. The van der Waals surface area contributed by atoms with Crippen molar-refractivity contribution in [1.29, 1.82) is 0 Å². The Bertz CT molecular complexity index is 1820. The largest absolute Gasteiger partial charge is 0.416 e. The zero-order chi connectivity index (χ0) is 33.9. The Morgan fingerprint density at radius 3 is 2.38 bits per heavy atom. The van der Waals surface area contributed by atoms with E-state index in [0.717, 1.165) is 49.9 Å². The molecule has 0 unspecified atom stereocenters. The molecule has 2 N–H and O–H groups in total. The van der Waals surface area contributed by atoms with Gasteiger partial charge in [0.2, 0.25) is 0 Å². The molecule has 0 bridgehead atoms. The normalized spacial score (nSPS) is 21.4. The number of nitrogens with zero attached hydrogens (tertiary/aromatic N) is 5. The Hall–Kier alpha value is -3.52. The molecule has 48 heavy (non-hydrogen) atoms. The number of rotatable bonds is 10. The second-order valence-corrected chi connectivity index (χ2v) is 16.9. The number of aromatic nitrogens is 4. The number of pyridine rings is 1. The van der Waals surface area contributed by atoms with Gasteiger partial charge in [-0.3, -0.25) is 9.69 Å². The lowest BCUT2D eigenvalue weighted by Gasteiger charge is -2.42. The van der Waals surface area contributed by atoms with Crippen LogP contribution in [-0.4, -0.2) is 57.7 Å². The van der Waals surface area contributed by atoms with Crippen LogP contribution in [0.4, 0.5) is 24.8 Å². The van der Waals surface area contributed by atoms with E-state index in [4.69, 9.17) is 4.98 Å². The summed E-state index contributed by atoms with van der Waals surface area (Å²) in [6, 6.07) is 6.60. The summed E-state index contributed by atoms with van der Waals surface area (Å²) in [5.41, 5.74) is 0.212. The summed E-state index contributed by atoms with van der Waals surface area (Å²) >= 11 is 0. The summed E-state index contributed by atoms with van der Waals surface area (Å²) in [6.07, 6.45) is 4.53. The van der Waals surface area contributed by atoms with E-state index in [1.165, 1.54) is 11.0 Å². The van der Waals surface area contributed by atoms with Crippen molar-refractivity contribution in [3.05, 3.63) is 64.2 Å². The molecule has 14 heteroatoms. The fraction of sp³-hybridized carbons (Fsp3) is 0.588. The van der Waals surface area contributed by atoms with Crippen LogP contribution in [0.15, 0.2) is 30.6 Å². The van der Waals surface area contributed by atoms with Crippen LogP contribution in [0.2, 0.25) is 0 Å². The Morgan fingerprint density at radius 2 is 1.77 bits per heavy atom. The molecule has 4 aliphatic rings. The Kier molecular flexibility index (Phi) is 8.33. The minimum atomic E-state index is -4.63. The number of nitrogens with one attached hydrogen (secondary N) is 2. The van der Waals surface area contributed by atoms with E-state index in [1.54, 1.807) is 12.4 Å². The van der Waals surface area contributed by atoms with Crippen molar-refractivity contribution in [2.24, 2.45) is 13.0 Å². The molecule has 0 spiro atoms. The van der Waals surface area contributed by atoms with E-state index in [2.05, 4.69) is 27.8 Å². The molecule has 4 heterocycles. The standard InChI is InChI=1S/C34H42F3N7O3S/c1-32(7-3-8-32)39-19-23-13-25-26(27(14-23)34(35,36)37)20-44(31(25)45)29-16-24(33(9-4-10-33)17-30-42-40-21-43(30)2)15-28(41-29)38-18-22-5-11-48(46,47)12-6-22/h13-16,21-22,39H,3-12,17-20H2,1-2H3,(H,38,41). The number of alkyl halides is 3. The third-order valence-corrected chi connectivity index (χ3v) is 12.9. The molecule has 3 fully saturated rings. The van der Waals surface area contributed by atoms with Crippen molar-refractivity contribution in [3.63, 3.8) is 0 Å². The molecular weight excluding hydrogens is 643 g/mol. The number of sulfone groups is 1. The predicted octanol–water partition coefficient (Wildman–Crippen LogP) is 5.32. The Labute approximate surface area is 278 Å².